The number of hydrogen-bond donors (Lipinski definition) is 1. The van der Waals surface area contributed by atoms with Gasteiger partial charge in [-0.15, -0.1) is 0 Å². The largest absolute Gasteiger partial charge is 0.396 e. The van der Waals surface area contributed by atoms with E-state index in [0.717, 1.165) is 56.0 Å². The maximum atomic E-state index is 13.1. The molecule has 2 saturated heterocycles. The highest BCUT2D eigenvalue weighted by atomic mass is 35.5. The zero-order valence-electron chi connectivity index (χ0n) is 31.4. The number of carbonyl (C=O) groups is 2. The molecule has 2 fully saturated rings. The Bertz CT molecular complexity index is 2060. The Morgan fingerprint density at radius 1 is 0.667 bits per heavy atom. The number of carbonyl (C=O) groups excluding carboxylic acids is 2. The fourth-order valence-electron chi connectivity index (χ4n) is 8.00. The van der Waals surface area contributed by atoms with E-state index in [9.17, 15) is 23.1 Å². The second-order valence-corrected chi connectivity index (χ2v) is 17.9. The van der Waals surface area contributed by atoms with E-state index < -0.39 is 10.1 Å². The van der Waals surface area contributed by atoms with E-state index in [2.05, 4.69) is 0 Å². The third-order valence-electron chi connectivity index (χ3n) is 10.7. The Labute approximate surface area is 358 Å². The molecule has 2 heterocycles. The van der Waals surface area contributed by atoms with Crippen molar-refractivity contribution in [3.8, 4) is 0 Å². The molecule has 6 rings (SSSR count). The minimum atomic E-state index is -3.49. The van der Waals surface area contributed by atoms with Crippen molar-refractivity contribution in [1.29, 1.82) is 0 Å². The fourth-order valence-corrected chi connectivity index (χ4v) is 9.01. The van der Waals surface area contributed by atoms with Crippen LogP contribution in [0.2, 0.25) is 20.1 Å². The molecule has 0 aromatic heterocycles. The predicted octanol–water partition coefficient (Wildman–Crippen LogP) is 10.5. The van der Waals surface area contributed by atoms with Crippen LogP contribution in [0.25, 0.3) is 0 Å². The zero-order valence-corrected chi connectivity index (χ0v) is 35.3. The number of benzene rings is 4. The van der Waals surface area contributed by atoms with E-state index in [1.165, 1.54) is 0 Å². The van der Waals surface area contributed by atoms with Gasteiger partial charge >= 0.3 is 0 Å². The highest BCUT2D eigenvalue weighted by molar-refractivity contribution is 7.85. The number of nitrogens with zero attached hydrogens (tertiary/aromatic N) is 2. The third kappa shape index (κ3) is 12.4. The molecule has 4 aromatic rings. The molecule has 2 aliphatic rings. The summed E-state index contributed by atoms with van der Waals surface area (Å²) in [5.74, 6) is 0.0471. The monoisotopic (exact) mass is 876 g/mol. The van der Waals surface area contributed by atoms with Gasteiger partial charge in [0, 0.05) is 54.7 Å². The minimum Gasteiger partial charge on any atom is -0.396 e. The maximum Gasteiger partial charge on any atom is 0.264 e. The van der Waals surface area contributed by atoms with Gasteiger partial charge in [0.25, 0.3) is 21.9 Å². The lowest BCUT2D eigenvalue weighted by Gasteiger charge is -2.44. The second-order valence-electron chi connectivity index (χ2n) is 14.7. The van der Waals surface area contributed by atoms with Crippen molar-refractivity contribution in [3.63, 3.8) is 0 Å². The average Bonchev–Trinajstić information content (AvgIpc) is 3.21. The molecule has 0 aliphatic carbocycles. The van der Waals surface area contributed by atoms with Crippen LogP contribution >= 0.6 is 46.4 Å². The van der Waals surface area contributed by atoms with Gasteiger partial charge in [-0.05, 0) is 111 Å². The lowest BCUT2D eigenvalue weighted by Crippen LogP contribution is -2.48. The molecule has 0 unspecified atom stereocenters. The normalized spacial score (nSPS) is 19.5. The second kappa shape index (κ2) is 21.2. The fraction of sp³-hybridized carbons (Fsp3) is 0.409. The molecular weight excluding hydrogens is 826 g/mol. The number of aliphatic hydroxyl groups is 1. The van der Waals surface area contributed by atoms with Gasteiger partial charge in [0.15, 0.2) is 0 Å². The van der Waals surface area contributed by atoms with Crippen LogP contribution in [0.3, 0.4) is 0 Å². The number of aliphatic hydroxyl groups excluding tert-OH is 1. The summed E-state index contributed by atoms with van der Waals surface area (Å²) in [7, 11) is -3.49. The topological polar surface area (TPSA) is 104 Å². The van der Waals surface area contributed by atoms with Crippen LogP contribution in [0.5, 0.6) is 0 Å². The third-order valence-corrected chi connectivity index (χ3v) is 12.8. The Morgan fingerprint density at radius 2 is 1.09 bits per heavy atom. The van der Waals surface area contributed by atoms with Crippen LogP contribution in [-0.4, -0.2) is 80.8 Å². The summed E-state index contributed by atoms with van der Waals surface area (Å²) < 4.78 is 27.5. The van der Waals surface area contributed by atoms with Gasteiger partial charge in [-0.3, -0.25) is 13.8 Å². The first-order valence-electron chi connectivity index (χ1n) is 18.8. The van der Waals surface area contributed by atoms with E-state index in [-0.39, 0.29) is 43.3 Å². The van der Waals surface area contributed by atoms with Crippen LogP contribution in [0.4, 0.5) is 0 Å². The standard InChI is InChI=1S/C22H25Cl2NO4S.C21H23Cl2NO2.CH4/c1-30(27,28)29-14-6-12-22(18-9-10-19(23)20(24)15-18)11-5-13-25(16-22)21(26)17-7-3-2-4-8-17;22-18-9-8-17(14-19(18)23)21(11-5-13-25)10-4-12-24(15-21)20(26)16-6-2-1-3-7-16;/h2-4,7-10,15H,5-6,11-14,16H2,1H3;1-3,6-9,14,25H,4-5,10-13,15H2;1H4/t22-;21-;/m11./s1. The summed E-state index contributed by atoms with van der Waals surface area (Å²) in [6, 6.07) is 29.9. The molecular formula is C44H52Cl4N2O6S. The Kier molecular flexibility index (Phi) is 17.3. The zero-order chi connectivity index (χ0) is 40.3. The lowest BCUT2D eigenvalue weighted by molar-refractivity contribution is 0.0613. The average molecular weight is 879 g/mol. The first-order valence-corrected chi connectivity index (χ1v) is 22.1. The van der Waals surface area contributed by atoms with Crippen molar-refractivity contribution >= 4 is 68.3 Å². The molecule has 0 saturated carbocycles. The number of rotatable bonds is 12. The minimum absolute atomic E-state index is 0. The molecule has 4 aromatic carbocycles. The van der Waals surface area contributed by atoms with Gasteiger partial charge in [-0.1, -0.05) is 102 Å². The van der Waals surface area contributed by atoms with Gasteiger partial charge < -0.3 is 14.9 Å². The SMILES string of the molecule is C.CS(=O)(=O)OCCC[C@]1(c2ccc(Cl)c(Cl)c2)CCCN(C(=O)c2ccccc2)C1.O=C(c1ccccc1)N1CCC[C@](CCCO)(c2ccc(Cl)c(Cl)c2)C1. The number of hydrogen-bond acceptors (Lipinski definition) is 6. The molecule has 0 radical (unpaired) electrons. The smallest absolute Gasteiger partial charge is 0.264 e. The van der Waals surface area contributed by atoms with E-state index in [0.29, 0.717) is 70.1 Å². The van der Waals surface area contributed by atoms with Crippen molar-refractivity contribution < 1.29 is 27.3 Å². The van der Waals surface area contributed by atoms with Gasteiger partial charge in [0.2, 0.25) is 0 Å². The maximum absolute atomic E-state index is 13.1. The van der Waals surface area contributed by atoms with Gasteiger partial charge in [-0.2, -0.15) is 8.42 Å². The lowest BCUT2D eigenvalue weighted by atomic mass is 9.71. The first kappa shape index (κ1) is 46.5. The molecule has 8 nitrogen and oxygen atoms in total. The van der Waals surface area contributed by atoms with E-state index >= 15 is 0 Å². The number of piperidine rings is 2. The molecule has 0 spiro atoms. The molecule has 0 bridgehead atoms. The quantitative estimate of drug-likeness (QED) is 0.112. The van der Waals surface area contributed by atoms with Crippen molar-refractivity contribution in [2.75, 3.05) is 45.6 Å². The van der Waals surface area contributed by atoms with Crippen LogP contribution in [0, 0.1) is 0 Å². The number of halogens is 4. The Morgan fingerprint density at radius 3 is 1.47 bits per heavy atom. The van der Waals surface area contributed by atoms with E-state index in [1.807, 2.05) is 101 Å². The summed E-state index contributed by atoms with van der Waals surface area (Å²) >= 11 is 24.8. The van der Waals surface area contributed by atoms with Crippen LogP contribution in [0.1, 0.15) is 90.6 Å². The molecule has 1 N–H and O–H groups in total. The van der Waals surface area contributed by atoms with Gasteiger partial charge in [0.05, 0.1) is 33.0 Å². The van der Waals surface area contributed by atoms with Crippen molar-refractivity contribution in [3.05, 3.63) is 139 Å². The first-order chi connectivity index (χ1) is 26.8. The summed E-state index contributed by atoms with van der Waals surface area (Å²) in [6.45, 7) is 2.81. The Hall–Kier alpha value is -3.15. The van der Waals surface area contributed by atoms with Crippen molar-refractivity contribution in [2.45, 2.75) is 69.6 Å². The summed E-state index contributed by atoms with van der Waals surface area (Å²) in [5, 5.41) is 11.4. The molecule has 308 valence electrons. The molecule has 2 aliphatic heterocycles. The van der Waals surface area contributed by atoms with E-state index in [1.54, 1.807) is 6.07 Å². The molecule has 57 heavy (non-hydrogen) atoms. The van der Waals surface area contributed by atoms with Crippen molar-refractivity contribution in [1.82, 2.24) is 9.80 Å². The predicted molar refractivity (Wildman–Crippen MR) is 233 cm³/mol. The highest BCUT2D eigenvalue weighted by Gasteiger charge is 2.40. The number of amides is 2. The summed E-state index contributed by atoms with van der Waals surface area (Å²) in [6.07, 6.45) is 7.33. The highest BCUT2D eigenvalue weighted by Crippen LogP contribution is 2.42. The molecule has 2 amide bonds. The Balaban J connectivity index is 0.000000251. The van der Waals surface area contributed by atoms with E-state index in [4.69, 9.17) is 50.6 Å². The van der Waals surface area contributed by atoms with Gasteiger partial charge in [-0.25, -0.2) is 0 Å². The molecule has 13 heteroatoms. The summed E-state index contributed by atoms with van der Waals surface area (Å²) in [4.78, 5) is 29.8. The van der Waals surface area contributed by atoms with Gasteiger partial charge in [0.1, 0.15) is 0 Å². The molecule has 2 atom stereocenters. The summed E-state index contributed by atoms with van der Waals surface area (Å²) in [5.41, 5.74) is 2.90. The number of likely N-dealkylation sites (tertiary alicyclic amines) is 2. The van der Waals surface area contributed by atoms with Crippen LogP contribution < -0.4 is 0 Å². The van der Waals surface area contributed by atoms with Crippen molar-refractivity contribution in [2.24, 2.45) is 0 Å². The van der Waals surface area contributed by atoms with Crippen LogP contribution in [-0.2, 0) is 25.1 Å². The van der Waals surface area contributed by atoms with Crippen LogP contribution in [0.15, 0.2) is 97.1 Å².